The minimum atomic E-state index is -1.37. The van der Waals surface area contributed by atoms with E-state index in [2.05, 4.69) is 0 Å². The van der Waals surface area contributed by atoms with Crippen molar-refractivity contribution in [1.82, 2.24) is 0 Å². The third-order valence-corrected chi connectivity index (χ3v) is 5.57. The van der Waals surface area contributed by atoms with E-state index in [1.165, 1.54) is 37.3 Å². The molecule has 212 valence electrons. The summed E-state index contributed by atoms with van der Waals surface area (Å²) in [6, 6.07) is 15.5. The lowest BCUT2D eigenvalue weighted by Crippen LogP contribution is -2.63. The van der Waals surface area contributed by atoms with Crippen LogP contribution in [0.4, 0.5) is 0 Å². The Balaban J connectivity index is 1.86. The minimum Gasteiger partial charge on any atom is -0.463 e. The Morgan fingerprint density at radius 3 is 1.88 bits per heavy atom. The molecule has 3 rings (SSSR count). The number of hydrogen-bond acceptors (Lipinski definition) is 11. The van der Waals surface area contributed by atoms with Crippen LogP contribution in [0.1, 0.15) is 43.6 Å². The van der Waals surface area contributed by atoms with Crippen LogP contribution in [0.2, 0.25) is 0 Å². The molecule has 11 heteroatoms. The van der Waals surface area contributed by atoms with Crippen LogP contribution in [-0.2, 0) is 42.9 Å². The first-order chi connectivity index (χ1) is 19.0. The van der Waals surface area contributed by atoms with Gasteiger partial charge in [-0.3, -0.25) is 24.0 Å². The number of rotatable bonds is 10. The number of ether oxygens (including phenoxy) is 6. The molecule has 1 aliphatic rings. The number of esters is 4. The molecule has 0 aliphatic carbocycles. The Labute approximate surface area is 230 Å². The predicted octanol–water partition coefficient (Wildman–Crippen LogP) is 3.04. The quantitative estimate of drug-likeness (QED) is 0.185. The van der Waals surface area contributed by atoms with Crippen LogP contribution in [0.25, 0.3) is 6.08 Å². The summed E-state index contributed by atoms with van der Waals surface area (Å²) in [5.41, 5.74) is 1.26. The zero-order chi connectivity index (χ0) is 29.2. The predicted molar refractivity (Wildman–Crippen MR) is 139 cm³/mol. The molecule has 0 amide bonds. The lowest BCUT2D eigenvalue weighted by molar-refractivity contribution is -0.288. The highest BCUT2D eigenvalue weighted by Crippen LogP contribution is 2.31. The summed E-state index contributed by atoms with van der Waals surface area (Å²) >= 11 is 0. The largest absolute Gasteiger partial charge is 0.463 e. The van der Waals surface area contributed by atoms with Gasteiger partial charge in [0.2, 0.25) is 12.4 Å². The molecule has 0 bridgehead atoms. The number of carbonyl (C=O) groups is 5. The van der Waals surface area contributed by atoms with E-state index in [0.717, 1.165) is 26.3 Å². The van der Waals surface area contributed by atoms with Gasteiger partial charge in [0.1, 0.15) is 18.5 Å². The van der Waals surface area contributed by atoms with Crippen molar-refractivity contribution in [1.29, 1.82) is 0 Å². The maximum atomic E-state index is 12.6. The molecule has 0 aromatic heterocycles. The number of carbonyl (C=O) groups excluding carboxylic acids is 5. The highest BCUT2D eigenvalue weighted by atomic mass is 16.7. The normalized spacial score (nSPS) is 22.1. The Kier molecular flexibility index (Phi) is 10.5. The van der Waals surface area contributed by atoms with Crippen molar-refractivity contribution in [3.8, 4) is 5.75 Å². The second kappa shape index (κ2) is 14.0. The van der Waals surface area contributed by atoms with Gasteiger partial charge in [0, 0.05) is 33.3 Å². The van der Waals surface area contributed by atoms with Gasteiger partial charge < -0.3 is 28.4 Å². The molecule has 2 aromatic carbocycles. The zero-order valence-electron chi connectivity index (χ0n) is 22.4. The van der Waals surface area contributed by atoms with Gasteiger partial charge in [-0.1, -0.05) is 36.4 Å². The van der Waals surface area contributed by atoms with Crippen molar-refractivity contribution in [2.24, 2.45) is 0 Å². The van der Waals surface area contributed by atoms with Crippen molar-refractivity contribution in [2.45, 2.75) is 58.4 Å². The average molecular weight is 555 g/mol. The van der Waals surface area contributed by atoms with E-state index < -0.39 is 54.6 Å². The molecule has 11 nitrogen and oxygen atoms in total. The second-order valence-corrected chi connectivity index (χ2v) is 8.82. The SMILES string of the molecule is CC(=O)OC[C@@H]1O[C@@H](Oc2ccc(C(=O)/C=C/c3ccccc3)cc2)[C@@H](OC(C)=O)[C@@H](OC(C)=O)[C@@H]1OC(C)=O. The highest BCUT2D eigenvalue weighted by Gasteiger charge is 2.53. The molecule has 1 aliphatic heterocycles. The summed E-state index contributed by atoms with van der Waals surface area (Å²) < 4.78 is 33.0. The fraction of sp³-hybridized carbons (Fsp3) is 0.345. The summed E-state index contributed by atoms with van der Waals surface area (Å²) in [5, 5.41) is 0. The van der Waals surface area contributed by atoms with Crippen LogP contribution in [0.5, 0.6) is 5.75 Å². The number of hydrogen-bond donors (Lipinski definition) is 0. The Morgan fingerprint density at radius 1 is 0.725 bits per heavy atom. The summed E-state index contributed by atoms with van der Waals surface area (Å²) in [7, 11) is 0. The van der Waals surface area contributed by atoms with Crippen LogP contribution in [0, 0.1) is 0 Å². The molecule has 2 aromatic rings. The third kappa shape index (κ3) is 8.77. The fourth-order valence-corrected chi connectivity index (χ4v) is 3.95. The molecule has 0 spiro atoms. The maximum Gasteiger partial charge on any atom is 0.303 e. The molecular formula is C29H30O11. The number of ketones is 1. The first-order valence-electron chi connectivity index (χ1n) is 12.4. The number of allylic oxidation sites excluding steroid dienone is 1. The van der Waals surface area contributed by atoms with E-state index >= 15 is 0 Å². The van der Waals surface area contributed by atoms with E-state index in [-0.39, 0.29) is 18.1 Å². The van der Waals surface area contributed by atoms with E-state index in [1.807, 2.05) is 30.3 Å². The Bertz CT molecular complexity index is 1240. The molecule has 1 fully saturated rings. The fourth-order valence-electron chi connectivity index (χ4n) is 3.95. The van der Waals surface area contributed by atoms with Gasteiger partial charge in [-0.2, -0.15) is 0 Å². The summed E-state index contributed by atoms with van der Waals surface area (Å²) in [5.74, 6) is -2.87. The Morgan fingerprint density at radius 2 is 1.30 bits per heavy atom. The van der Waals surface area contributed by atoms with Crippen LogP contribution in [-0.4, -0.2) is 67.0 Å². The van der Waals surface area contributed by atoms with Crippen molar-refractivity contribution in [3.05, 3.63) is 71.8 Å². The van der Waals surface area contributed by atoms with Gasteiger partial charge in [0.15, 0.2) is 18.0 Å². The minimum absolute atomic E-state index is 0.226. The van der Waals surface area contributed by atoms with Crippen molar-refractivity contribution < 1.29 is 52.4 Å². The summed E-state index contributed by atoms with van der Waals surface area (Å²) in [6.07, 6.45) is -3.38. The smallest absolute Gasteiger partial charge is 0.303 e. The zero-order valence-corrected chi connectivity index (χ0v) is 22.4. The maximum absolute atomic E-state index is 12.6. The van der Waals surface area contributed by atoms with Crippen LogP contribution in [0.15, 0.2) is 60.7 Å². The molecule has 0 unspecified atom stereocenters. The topological polar surface area (TPSA) is 141 Å². The van der Waals surface area contributed by atoms with Gasteiger partial charge in [-0.25, -0.2) is 0 Å². The van der Waals surface area contributed by atoms with Crippen molar-refractivity contribution in [2.75, 3.05) is 6.61 Å². The van der Waals surface area contributed by atoms with Gasteiger partial charge in [0.05, 0.1) is 0 Å². The van der Waals surface area contributed by atoms with Gasteiger partial charge in [-0.05, 0) is 35.9 Å². The summed E-state index contributed by atoms with van der Waals surface area (Å²) in [4.78, 5) is 59.8. The van der Waals surface area contributed by atoms with Crippen molar-refractivity contribution >= 4 is 35.7 Å². The second-order valence-electron chi connectivity index (χ2n) is 8.82. The molecule has 0 saturated carbocycles. The molecule has 0 N–H and O–H groups in total. The molecular weight excluding hydrogens is 524 g/mol. The van der Waals surface area contributed by atoms with Gasteiger partial charge in [0.25, 0.3) is 0 Å². The third-order valence-electron chi connectivity index (χ3n) is 5.57. The molecule has 40 heavy (non-hydrogen) atoms. The molecule has 0 radical (unpaired) electrons. The van der Waals surface area contributed by atoms with Crippen LogP contribution < -0.4 is 4.74 Å². The Hall–Kier alpha value is -4.51. The first-order valence-corrected chi connectivity index (χ1v) is 12.4. The first kappa shape index (κ1) is 30.0. The monoisotopic (exact) mass is 554 g/mol. The lowest BCUT2D eigenvalue weighted by Gasteiger charge is -2.43. The van der Waals surface area contributed by atoms with E-state index in [1.54, 1.807) is 6.08 Å². The van der Waals surface area contributed by atoms with Crippen molar-refractivity contribution in [3.63, 3.8) is 0 Å². The summed E-state index contributed by atoms with van der Waals surface area (Å²) in [6.45, 7) is 4.20. The number of benzene rings is 2. The van der Waals surface area contributed by atoms with Crippen LogP contribution in [0.3, 0.4) is 0 Å². The molecule has 1 heterocycles. The molecule has 1 saturated heterocycles. The average Bonchev–Trinajstić information content (AvgIpc) is 2.89. The lowest BCUT2D eigenvalue weighted by atomic mass is 9.98. The van der Waals surface area contributed by atoms with Crippen LogP contribution >= 0.6 is 0 Å². The standard InChI is InChI=1S/C29H30O11/c1-17(30)35-16-25-26(36-18(2)31)27(37-19(3)32)28(38-20(4)33)29(40-25)39-23-13-11-22(12-14-23)24(34)15-10-21-8-6-5-7-9-21/h5-15,25-29H,16H2,1-4H3/b15-10+/t25-,26+,27-,28-,29+/m0/s1. The van der Waals surface area contributed by atoms with Gasteiger partial charge >= 0.3 is 23.9 Å². The van der Waals surface area contributed by atoms with Gasteiger partial charge in [-0.15, -0.1) is 0 Å². The molecule has 5 atom stereocenters. The highest BCUT2D eigenvalue weighted by molar-refractivity contribution is 6.06. The van der Waals surface area contributed by atoms with E-state index in [4.69, 9.17) is 28.4 Å². The van der Waals surface area contributed by atoms with E-state index in [0.29, 0.717) is 5.56 Å². The van der Waals surface area contributed by atoms with E-state index in [9.17, 15) is 24.0 Å².